The van der Waals surface area contributed by atoms with Crippen molar-refractivity contribution in [2.45, 2.75) is 88.4 Å². The van der Waals surface area contributed by atoms with E-state index in [0.717, 1.165) is 23.7 Å². The number of allylic oxidation sites excluding steroid dienone is 4. The molecule has 6 aromatic carbocycles. The molecule has 4 saturated carbocycles. The quantitative estimate of drug-likeness (QED) is 0.169. The molecule has 13 rings (SSSR count). The van der Waals surface area contributed by atoms with E-state index in [0.29, 0.717) is 17.3 Å². The molecule has 0 aromatic heterocycles. The van der Waals surface area contributed by atoms with Crippen LogP contribution in [0.2, 0.25) is 0 Å². The van der Waals surface area contributed by atoms with Gasteiger partial charge in [-0.15, -0.1) is 0 Å². The van der Waals surface area contributed by atoms with Crippen LogP contribution in [0.5, 0.6) is 0 Å². The maximum Gasteiger partial charge on any atom is 0.0543 e. The molecule has 2 spiro atoms. The van der Waals surface area contributed by atoms with Gasteiger partial charge in [0.1, 0.15) is 0 Å². The Labute approximate surface area is 350 Å². The summed E-state index contributed by atoms with van der Waals surface area (Å²) >= 11 is 0. The molecular weight excluding hydrogens is 711 g/mol. The van der Waals surface area contributed by atoms with Crippen molar-refractivity contribution < 1.29 is 0 Å². The van der Waals surface area contributed by atoms with Gasteiger partial charge in [0, 0.05) is 28.3 Å². The van der Waals surface area contributed by atoms with Gasteiger partial charge in [-0.25, -0.2) is 0 Å². The minimum Gasteiger partial charge on any atom is -0.310 e. The van der Waals surface area contributed by atoms with E-state index in [2.05, 4.69) is 184 Å². The van der Waals surface area contributed by atoms with Crippen molar-refractivity contribution in [2.75, 3.05) is 4.90 Å². The summed E-state index contributed by atoms with van der Waals surface area (Å²) < 4.78 is 0. The SMILES string of the molecule is CC1(C)CCC(C)(C)c2cc(N(c3ccc(-c4ccccc4)cc3)c3cc4c(cc3-c3cccc5ccccc35)C3C=CC=CC3C43C4CC5CC6CC3C64C5)ccc21. The topological polar surface area (TPSA) is 3.24 Å². The summed E-state index contributed by atoms with van der Waals surface area (Å²) in [6.07, 6.45) is 18.3. The summed E-state index contributed by atoms with van der Waals surface area (Å²) in [7, 11) is 0. The molecular formula is C58H55N. The third-order valence-electron chi connectivity index (χ3n) is 17.9. The zero-order valence-corrected chi connectivity index (χ0v) is 35.1. The summed E-state index contributed by atoms with van der Waals surface area (Å²) in [5.41, 5.74) is 16.4. The van der Waals surface area contributed by atoms with Crippen LogP contribution in [0, 0.1) is 35.0 Å². The number of fused-ring (bicyclic) bond motifs is 10. The highest BCUT2D eigenvalue weighted by Gasteiger charge is 2.85. The monoisotopic (exact) mass is 765 g/mol. The average molecular weight is 766 g/mol. The van der Waals surface area contributed by atoms with E-state index in [1.54, 1.807) is 11.1 Å². The number of hydrogen-bond acceptors (Lipinski definition) is 1. The maximum absolute atomic E-state index is 2.78. The van der Waals surface area contributed by atoms with Crippen LogP contribution in [-0.4, -0.2) is 0 Å². The minimum atomic E-state index is 0.0985. The van der Waals surface area contributed by atoms with Crippen molar-refractivity contribution in [3.63, 3.8) is 0 Å². The number of nitrogens with zero attached hydrogens (tertiary/aromatic N) is 1. The molecule has 8 unspecified atom stereocenters. The first-order valence-electron chi connectivity index (χ1n) is 22.8. The van der Waals surface area contributed by atoms with Crippen LogP contribution in [-0.2, 0) is 16.2 Å². The van der Waals surface area contributed by atoms with Crippen LogP contribution in [0.3, 0.4) is 0 Å². The number of benzene rings is 6. The van der Waals surface area contributed by atoms with Gasteiger partial charge in [0.05, 0.1) is 5.69 Å². The highest BCUT2D eigenvalue weighted by molar-refractivity contribution is 6.02. The fraction of sp³-hybridized carbons (Fsp3) is 0.345. The molecule has 292 valence electrons. The van der Waals surface area contributed by atoms with Gasteiger partial charge >= 0.3 is 0 Å². The van der Waals surface area contributed by atoms with Gasteiger partial charge in [-0.2, -0.15) is 0 Å². The average Bonchev–Trinajstić information content (AvgIpc) is 3.89. The van der Waals surface area contributed by atoms with Crippen molar-refractivity contribution in [3.8, 4) is 22.3 Å². The predicted molar refractivity (Wildman–Crippen MR) is 246 cm³/mol. The number of rotatable bonds is 5. The van der Waals surface area contributed by atoms with Crippen LogP contribution in [0.15, 0.2) is 152 Å². The van der Waals surface area contributed by atoms with Crippen LogP contribution >= 0.6 is 0 Å². The summed E-state index contributed by atoms with van der Waals surface area (Å²) in [4.78, 5) is 2.67. The molecule has 2 bridgehead atoms. The van der Waals surface area contributed by atoms with Gasteiger partial charge in [-0.1, -0.05) is 143 Å². The first-order valence-corrected chi connectivity index (χ1v) is 22.8. The summed E-state index contributed by atoms with van der Waals surface area (Å²) in [5.74, 6) is 4.51. The van der Waals surface area contributed by atoms with Crippen molar-refractivity contribution in [3.05, 3.63) is 174 Å². The largest absolute Gasteiger partial charge is 0.310 e. The van der Waals surface area contributed by atoms with Crippen molar-refractivity contribution >= 4 is 27.8 Å². The smallest absolute Gasteiger partial charge is 0.0543 e. The normalized spacial score (nSPS) is 31.6. The Morgan fingerprint density at radius 2 is 1.27 bits per heavy atom. The fourth-order valence-electron chi connectivity index (χ4n) is 15.4. The summed E-state index contributed by atoms with van der Waals surface area (Å²) in [6, 6.07) is 49.4. The molecule has 7 aliphatic carbocycles. The number of hydrogen-bond donors (Lipinski definition) is 0. The lowest BCUT2D eigenvalue weighted by Crippen LogP contribution is -2.75. The van der Waals surface area contributed by atoms with E-state index in [9.17, 15) is 0 Å². The maximum atomic E-state index is 2.78. The van der Waals surface area contributed by atoms with Gasteiger partial charge < -0.3 is 4.90 Å². The van der Waals surface area contributed by atoms with Crippen molar-refractivity contribution in [2.24, 2.45) is 35.0 Å². The standard InChI is InChI=1S/C58H55N/c1-55(2)27-28-56(3,4)51-32-42(25-26-49(51)55)59(41-23-21-38(22-24-41)37-13-6-5-7-14-37)52-34-50-46(33-47(52)44-19-12-16-39-15-8-9-17-43(39)44)45-18-10-11-20-48(45)58(50)53-30-36-29-40-31-54(58)57(40,53)35-36/h5-26,32-34,36,40,45,48,53-54H,27-31,35H2,1-4H3. The first kappa shape index (κ1) is 34.7. The second kappa shape index (κ2) is 11.8. The molecule has 0 saturated heterocycles. The second-order valence-corrected chi connectivity index (χ2v) is 21.2. The van der Waals surface area contributed by atoms with E-state index in [4.69, 9.17) is 0 Å². The minimum absolute atomic E-state index is 0.0985. The highest BCUT2D eigenvalue weighted by Crippen LogP contribution is 2.90. The van der Waals surface area contributed by atoms with Gasteiger partial charge in [0.25, 0.3) is 0 Å². The molecule has 1 heteroatoms. The lowest BCUT2D eigenvalue weighted by Gasteiger charge is -2.78. The Morgan fingerprint density at radius 1 is 0.559 bits per heavy atom. The zero-order valence-electron chi connectivity index (χ0n) is 35.1. The molecule has 8 atom stereocenters. The van der Waals surface area contributed by atoms with E-state index in [1.165, 1.54) is 99.7 Å². The Hall–Kier alpha value is -5.14. The van der Waals surface area contributed by atoms with Gasteiger partial charge in [0.15, 0.2) is 0 Å². The van der Waals surface area contributed by atoms with Crippen LogP contribution < -0.4 is 4.90 Å². The van der Waals surface area contributed by atoms with Gasteiger partial charge in [-0.05, 0) is 170 Å². The van der Waals surface area contributed by atoms with E-state index >= 15 is 0 Å². The van der Waals surface area contributed by atoms with Crippen molar-refractivity contribution in [1.29, 1.82) is 0 Å². The van der Waals surface area contributed by atoms with Crippen LogP contribution in [0.1, 0.15) is 94.4 Å². The molecule has 0 heterocycles. The molecule has 0 amide bonds. The third kappa shape index (κ3) is 4.42. The fourth-order valence-corrected chi connectivity index (χ4v) is 15.4. The lowest BCUT2D eigenvalue weighted by molar-refractivity contribution is -0.259. The van der Waals surface area contributed by atoms with E-state index < -0.39 is 0 Å². The van der Waals surface area contributed by atoms with Crippen LogP contribution in [0.25, 0.3) is 33.0 Å². The van der Waals surface area contributed by atoms with Gasteiger partial charge in [0.2, 0.25) is 0 Å². The molecule has 0 N–H and O–H groups in total. The molecule has 1 nitrogen and oxygen atoms in total. The molecule has 0 aliphatic heterocycles. The Balaban J connectivity index is 1.10. The van der Waals surface area contributed by atoms with Crippen molar-refractivity contribution in [1.82, 2.24) is 0 Å². The molecule has 4 fully saturated rings. The molecule has 59 heavy (non-hydrogen) atoms. The Morgan fingerprint density at radius 3 is 2.10 bits per heavy atom. The van der Waals surface area contributed by atoms with Gasteiger partial charge in [-0.3, -0.25) is 0 Å². The molecule has 6 aromatic rings. The highest BCUT2D eigenvalue weighted by atomic mass is 15.1. The Bertz CT molecular complexity index is 2780. The zero-order chi connectivity index (χ0) is 39.5. The lowest BCUT2D eigenvalue weighted by atomic mass is 9.26. The molecule has 0 radical (unpaired) electrons. The summed E-state index contributed by atoms with van der Waals surface area (Å²) in [6.45, 7) is 9.85. The second-order valence-electron chi connectivity index (χ2n) is 21.2. The summed E-state index contributed by atoms with van der Waals surface area (Å²) in [5, 5.41) is 2.62. The van der Waals surface area contributed by atoms with E-state index in [-0.39, 0.29) is 16.2 Å². The molecule has 7 aliphatic rings. The third-order valence-corrected chi connectivity index (χ3v) is 17.9. The van der Waals surface area contributed by atoms with Crippen LogP contribution in [0.4, 0.5) is 17.1 Å². The first-order chi connectivity index (χ1) is 28.7. The number of anilines is 3. The Kier molecular flexibility index (Phi) is 6.93. The predicted octanol–water partition coefficient (Wildman–Crippen LogP) is 15.1. The van der Waals surface area contributed by atoms with E-state index in [1.807, 2.05) is 0 Å².